The molecule has 0 aromatic carbocycles. The van der Waals surface area contributed by atoms with Gasteiger partial charge in [-0.05, 0) is 24.6 Å². The van der Waals surface area contributed by atoms with E-state index >= 15 is 0 Å². The molecule has 3 nitrogen and oxygen atoms in total. The Hall–Kier alpha value is -0.705. The first kappa shape index (κ1) is 10.8. The van der Waals surface area contributed by atoms with Crippen LogP contribution in [0.15, 0.2) is 11.4 Å². The second-order valence-corrected chi connectivity index (χ2v) is 4.79. The van der Waals surface area contributed by atoms with Gasteiger partial charge in [0.2, 0.25) is 0 Å². The average molecular weight is 221 g/mol. The minimum absolute atomic E-state index is 0.619. The predicted molar refractivity (Wildman–Crippen MR) is 67.9 cm³/mol. The van der Waals surface area contributed by atoms with Crippen molar-refractivity contribution in [3.05, 3.63) is 6.20 Å². The van der Waals surface area contributed by atoms with Gasteiger partial charge in [0, 0.05) is 12.2 Å². The van der Waals surface area contributed by atoms with Crippen LogP contribution in [-0.2, 0) is 0 Å². The van der Waals surface area contributed by atoms with Crippen molar-refractivity contribution in [2.75, 3.05) is 11.6 Å². The first-order valence-corrected chi connectivity index (χ1v) is 6.66. The smallest absolute Gasteiger partial charge is 0.189 e. The second-order valence-electron chi connectivity index (χ2n) is 4.01. The lowest BCUT2D eigenvalue weighted by Gasteiger charge is -2.14. The van der Waals surface area contributed by atoms with Gasteiger partial charge in [-0.2, -0.15) is 0 Å². The van der Waals surface area contributed by atoms with Gasteiger partial charge in [0.15, 0.2) is 5.16 Å². The maximum absolute atomic E-state index is 4.50. The summed E-state index contributed by atoms with van der Waals surface area (Å²) in [6.45, 7) is 0. The van der Waals surface area contributed by atoms with Crippen molar-refractivity contribution in [1.29, 1.82) is 0 Å². The molecule has 1 saturated carbocycles. The number of anilines is 1. The standard InChI is InChI=1S/C10H16BN3S/c1-15-10-12-6-8(11)9(14-10)13-7-4-2-3-5-7/h6-7H,2-5,11H2,1H3,(H,12,13,14). The van der Waals surface area contributed by atoms with E-state index in [1.165, 1.54) is 25.7 Å². The number of nitrogens with one attached hydrogen (secondary N) is 1. The molecule has 0 spiro atoms. The lowest BCUT2D eigenvalue weighted by molar-refractivity contribution is 0.747. The molecule has 1 aromatic rings. The molecule has 15 heavy (non-hydrogen) atoms. The quantitative estimate of drug-likeness (QED) is 0.465. The highest BCUT2D eigenvalue weighted by Gasteiger charge is 2.16. The van der Waals surface area contributed by atoms with Crippen LogP contribution in [0.3, 0.4) is 0 Å². The fraction of sp³-hybridized carbons (Fsp3) is 0.600. The molecular formula is C10H16BN3S. The molecule has 0 unspecified atom stereocenters. The highest BCUT2D eigenvalue weighted by atomic mass is 32.2. The van der Waals surface area contributed by atoms with E-state index in [9.17, 15) is 0 Å². The molecule has 0 atom stereocenters. The topological polar surface area (TPSA) is 37.8 Å². The minimum Gasteiger partial charge on any atom is -0.368 e. The molecule has 80 valence electrons. The van der Waals surface area contributed by atoms with Crippen LogP contribution in [0.2, 0.25) is 0 Å². The van der Waals surface area contributed by atoms with E-state index in [0.29, 0.717) is 6.04 Å². The van der Waals surface area contributed by atoms with E-state index in [1.807, 2.05) is 12.5 Å². The molecule has 1 N–H and O–H groups in total. The Morgan fingerprint density at radius 2 is 2.20 bits per heavy atom. The molecule has 0 saturated heterocycles. The Morgan fingerprint density at radius 3 is 2.87 bits per heavy atom. The van der Waals surface area contributed by atoms with E-state index in [-0.39, 0.29) is 0 Å². The largest absolute Gasteiger partial charge is 0.368 e. The van der Waals surface area contributed by atoms with Gasteiger partial charge in [-0.3, -0.25) is 0 Å². The van der Waals surface area contributed by atoms with Gasteiger partial charge >= 0.3 is 0 Å². The summed E-state index contributed by atoms with van der Waals surface area (Å²) in [5.41, 5.74) is 1.14. The molecule has 5 heteroatoms. The van der Waals surface area contributed by atoms with Crippen molar-refractivity contribution in [2.24, 2.45) is 0 Å². The molecule has 0 radical (unpaired) electrons. The fourth-order valence-corrected chi connectivity index (χ4v) is 2.27. The highest BCUT2D eigenvalue weighted by Crippen LogP contribution is 2.21. The molecule has 1 heterocycles. The third-order valence-electron chi connectivity index (χ3n) is 2.83. The first-order chi connectivity index (χ1) is 7.29. The summed E-state index contributed by atoms with van der Waals surface area (Å²) in [5.74, 6) is 1.02. The fourth-order valence-electron chi connectivity index (χ4n) is 1.93. The molecule has 1 aliphatic carbocycles. The minimum atomic E-state index is 0.619. The van der Waals surface area contributed by atoms with Gasteiger partial charge in [0.25, 0.3) is 0 Å². The zero-order chi connectivity index (χ0) is 10.7. The van der Waals surface area contributed by atoms with E-state index in [0.717, 1.165) is 16.4 Å². The number of hydrogen-bond donors (Lipinski definition) is 1. The first-order valence-electron chi connectivity index (χ1n) is 5.44. The van der Waals surface area contributed by atoms with Crippen LogP contribution >= 0.6 is 11.8 Å². The van der Waals surface area contributed by atoms with Crippen molar-refractivity contribution < 1.29 is 0 Å². The van der Waals surface area contributed by atoms with Crippen molar-refractivity contribution >= 4 is 30.9 Å². The summed E-state index contributed by atoms with van der Waals surface area (Å²) < 4.78 is 0. The number of nitrogens with zero attached hydrogens (tertiary/aromatic N) is 2. The van der Waals surface area contributed by atoms with Crippen molar-refractivity contribution in [2.45, 2.75) is 36.9 Å². The molecule has 0 amide bonds. The third-order valence-corrected chi connectivity index (χ3v) is 3.39. The van der Waals surface area contributed by atoms with Crippen LogP contribution in [0, 0.1) is 0 Å². The van der Waals surface area contributed by atoms with Crippen LogP contribution < -0.4 is 10.8 Å². The maximum atomic E-state index is 4.50. The van der Waals surface area contributed by atoms with Gasteiger partial charge in [-0.25, -0.2) is 9.97 Å². The van der Waals surface area contributed by atoms with Gasteiger partial charge in [0.1, 0.15) is 13.7 Å². The van der Waals surface area contributed by atoms with E-state index in [2.05, 4.69) is 23.1 Å². The maximum Gasteiger partial charge on any atom is 0.189 e. The lowest BCUT2D eigenvalue weighted by atomic mass is 9.99. The van der Waals surface area contributed by atoms with E-state index in [1.54, 1.807) is 11.8 Å². The summed E-state index contributed by atoms with van der Waals surface area (Å²) in [4.78, 5) is 8.74. The SMILES string of the molecule is Bc1cnc(SC)nc1NC1CCCC1. The number of rotatable bonds is 3. The highest BCUT2D eigenvalue weighted by molar-refractivity contribution is 7.98. The summed E-state index contributed by atoms with van der Waals surface area (Å²) in [5, 5.41) is 4.37. The Morgan fingerprint density at radius 1 is 1.47 bits per heavy atom. The van der Waals surface area contributed by atoms with Crippen molar-refractivity contribution in [3.63, 3.8) is 0 Å². The third kappa shape index (κ3) is 2.65. The Labute approximate surface area is 95.9 Å². The van der Waals surface area contributed by atoms with Gasteiger partial charge in [0.05, 0.1) is 0 Å². The van der Waals surface area contributed by atoms with Crippen LogP contribution in [0.4, 0.5) is 5.82 Å². The van der Waals surface area contributed by atoms with Gasteiger partial charge in [-0.15, -0.1) is 0 Å². The van der Waals surface area contributed by atoms with Crippen LogP contribution in [0.25, 0.3) is 0 Å². The summed E-state index contributed by atoms with van der Waals surface area (Å²) in [7, 11) is 2.06. The Kier molecular flexibility index (Phi) is 3.51. The number of aromatic nitrogens is 2. The molecule has 2 rings (SSSR count). The Bertz CT molecular complexity index is 339. The zero-order valence-corrected chi connectivity index (χ0v) is 10.1. The lowest BCUT2D eigenvalue weighted by Crippen LogP contribution is -2.22. The molecule has 0 bridgehead atoms. The zero-order valence-electron chi connectivity index (χ0n) is 9.29. The predicted octanol–water partition coefficient (Wildman–Crippen LogP) is 0.811. The average Bonchev–Trinajstić information content (AvgIpc) is 2.74. The number of thioether (sulfide) groups is 1. The second kappa shape index (κ2) is 4.88. The van der Waals surface area contributed by atoms with E-state index < -0.39 is 0 Å². The Balaban J connectivity index is 2.11. The van der Waals surface area contributed by atoms with Gasteiger partial charge < -0.3 is 5.32 Å². The van der Waals surface area contributed by atoms with Crippen LogP contribution in [0.5, 0.6) is 0 Å². The normalized spacial score (nSPS) is 16.9. The van der Waals surface area contributed by atoms with Crippen molar-refractivity contribution in [1.82, 2.24) is 9.97 Å². The number of hydrogen-bond acceptors (Lipinski definition) is 4. The summed E-state index contributed by atoms with van der Waals surface area (Å²) in [6.07, 6.45) is 9.14. The summed E-state index contributed by atoms with van der Waals surface area (Å²) >= 11 is 1.59. The molecular weight excluding hydrogens is 205 g/mol. The van der Waals surface area contributed by atoms with Crippen LogP contribution in [0.1, 0.15) is 25.7 Å². The molecule has 1 fully saturated rings. The van der Waals surface area contributed by atoms with Gasteiger partial charge in [-0.1, -0.05) is 24.6 Å². The van der Waals surface area contributed by atoms with Crippen molar-refractivity contribution in [3.8, 4) is 0 Å². The monoisotopic (exact) mass is 221 g/mol. The molecule has 1 aromatic heterocycles. The molecule has 1 aliphatic rings. The van der Waals surface area contributed by atoms with E-state index in [4.69, 9.17) is 0 Å². The van der Waals surface area contributed by atoms with Crippen LogP contribution in [-0.4, -0.2) is 30.1 Å². The molecule has 0 aliphatic heterocycles. The summed E-state index contributed by atoms with van der Waals surface area (Å²) in [6, 6.07) is 0.619.